The van der Waals surface area contributed by atoms with Crippen molar-refractivity contribution in [3.63, 3.8) is 0 Å². The number of aromatic nitrogens is 1. The van der Waals surface area contributed by atoms with Crippen LogP contribution in [0.15, 0.2) is 24.3 Å². The van der Waals surface area contributed by atoms with Crippen LogP contribution < -0.4 is 0 Å². The lowest BCUT2D eigenvalue weighted by atomic mass is 10.1. The molecule has 1 aromatic heterocycles. The Bertz CT molecular complexity index is 677. The number of halogens is 4. The van der Waals surface area contributed by atoms with Crippen LogP contribution in [0.5, 0.6) is 0 Å². The summed E-state index contributed by atoms with van der Waals surface area (Å²) in [5.74, 6) is 0. The minimum absolute atomic E-state index is 0.181. The molecule has 96 valence electrons. The van der Waals surface area contributed by atoms with Gasteiger partial charge in [0.25, 0.3) is 0 Å². The second-order valence-electron chi connectivity index (χ2n) is 3.69. The van der Waals surface area contributed by atoms with Crippen molar-refractivity contribution < 1.29 is 0 Å². The first-order valence-electron chi connectivity index (χ1n) is 5.21. The highest BCUT2D eigenvalue weighted by Crippen LogP contribution is 2.40. The zero-order chi connectivity index (χ0) is 14.0. The molecule has 0 aliphatic carbocycles. The van der Waals surface area contributed by atoms with Gasteiger partial charge in [-0.15, -0.1) is 0 Å². The van der Waals surface area contributed by atoms with Crippen molar-refractivity contribution in [2.75, 3.05) is 0 Å². The van der Waals surface area contributed by atoms with Crippen LogP contribution in [-0.2, 0) is 6.42 Å². The highest BCUT2D eigenvalue weighted by molar-refractivity contribution is 6.46. The number of rotatable bonds is 2. The van der Waals surface area contributed by atoms with Crippen molar-refractivity contribution in [1.82, 2.24) is 4.98 Å². The first-order chi connectivity index (χ1) is 9.04. The third kappa shape index (κ3) is 2.96. The summed E-state index contributed by atoms with van der Waals surface area (Å²) in [4.78, 5) is 4.31. The molecule has 2 aromatic rings. The topological polar surface area (TPSA) is 36.7 Å². The molecule has 0 bridgehead atoms. The molecule has 0 saturated carbocycles. The predicted molar refractivity (Wildman–Crippen MR) is 79.0 cm³/mol. The Kier molecular flexibility index (Phi) is 4.54. The van der Waals surface area contributed by atoms with Gasteiger partial charge in [-0.1, -0.05) is 46.4 Å². The number of hydrogen-bond donors (Lipinski definition) is 0. The molecule has 0 aliphatic heterocycles. The second-order valence-corrected chi connectivity index (χ2v) is 5.29. The first-order valence-corrected chi connectivity index (χ1v) is 6.72. The van der Waals surface area contributed by atoms with E-state index < -0.39 is 0 Å². The molecule has 0 aliphatic rings. The molecule has 0 unspecified atom stereocenters. The summed E-state index contributed by atoms with van der Waals surface area (Å²) >= 11 is 24.4. The Hall–Kier alpha value is -0.980. The number of nitriles is 1. The second kappa shape index (κ2) is 5.98. The van der Waals surface area contributed by atoms with E-state index in [1.807, 2.05) is 6.07 Å². The summed E-state index contributed by atoms with van der Waals surface area (Å²) in [7, 11) is 0. The number of hydrogen-bond acceptors (Lipinski definition) is 2. The van der Waals surface area contributed by atoms with Crippen LogP contribution >= 0.6 is 46.4 Å². The van der Waals surface area contributed by atoms with E-state index in [0.717, 1.165) is 0 Å². The summed E-state index contributed by atoms with van der Waals surface area (Å²) in [5.41, 5.74) is 1.49. The van der Waals surface area contributed by atoms with E-state index in [4.69, 9.17) is 51.7 Å². The Morgan fingerprint density at radius 1 is 0.947 bits per heavy atom. The van der Waals surface area contributed by atoms with E-state index >= 15 is 0 Å². The van der Waals surface area contributed by atoms with Crippen molar-refractivity contribution in [3.8, 4) is 17.3 Å². The van der Waals surface area contributed by atoms with Crippen LogP contribution in [0.25, 0.3) is 11.3 Å². The van der Waals surface area contributed by atoms with Crippen molar-refractivity contribution in [1.29, 1.82) is 5.26 Å². The van der Waals surface area contributed by atoms with Gasteiger partial charge in [0.15, 0.2) is 0 Å². The molecular weight excluding hydrogens is 326 g/mol. The van der Waals surface area contributed by atoms with E-state index in [1.165, 1.54) is 0 Å². The van der Waals surface area contributed by atoms with Gasteiger partial charge in [-0.25, -0.2) is 0 Å². The zero-order valence-electron chi connectivity index (χ0n) is 9.42. The lowest BCUT2D eigenvalue weighted by Gasteiger charge is -2.10. The Morgan fingerprint density at radius 2 is 1.58 bits per heavy atom. The quantitative estimate of drug-likeness (QED) is 0.688. The van der Waals surface area contributed by atoms with Gasteiger partial charge < -0.3 is 0 Å². The number of benzene rings is 1. The van der Waals surface area contributed by atoms with Gasteiger partial charge in [0, 0.05) is 5.56 Å². The van der Waals surface area contributed by atoms with Crippen molar-refractivity contribution >= 4 is 46.4 Å². The molecule has 2 nitrogen and oxygen atoms in total. The van der Waals surface area contributed by atoms with E-state index in [-0.39, 0.29) is 11.4 Å². The van der Waals surface area contributed by atoms with Gasteiger partial charge >= 0.3 is 0 Å². The number of nitrogens with zero attached hydrogens (tertiary/aromatic N) is 2. The Morgan fingerprint density at radius 3 is 2.26 bits per heavy atom. The maximum atomic E-state index is 8.71. The molecule has 1 aromatic carbocycles. The maximum absolute atomic E-state index is 8.71. The fourth-order valence-electron chi connectivity index (χ4n) is 1.58. The number of pyridine rings is 1. The van der Waals surface area contributed by atoms with Crippen LogP contribution in [0.1, 0.15) is 5.69 Å². The average Bonchev–Trinajstić information content (AvgIpc) is 2.38. The Balaban J connectivity index is 2.68. The van der Waals surface area contributed by atoms with Crippen LogP contribution in [0.3, 0.4) is 0 Å². The normalized spacial score (nSPS) is 10.3. The average molecular weight is 332 g/mol. The molecule has 0 atom stereocenters. The molecule has 2 rings (SSSR count). The van der Waals surface area contributed by atoms with Crippen molar-refractivity contribution in [2.24, 2.45) is 0 Å². The lowest BCUT2D eigenvalue weighted by molar-refractivity contribution is 1.12. The molecule has 0 amide bonds. The highest BCUT2D eigenvalue weighted by atomic mass is 35.5. The minimum atomic E-state index is 0.181. The summed E-state index contributed by atoms with van der Waals surface area (Å²) in [6.07, 6.45) is 0.181. The minimum Gasteiger partial charge on any atom is -0.250 e. The van der Waals surface area contributed by atoms with Gasteiger partial charge in [-0.05, 0) is 24.3 Å². The highest BCUT2D eigenvalue weighted by Gasteiger charge is 2.16. The van der Waals surface area contributed by atoms with E-state index in [0.29, 0.717) is 32.0 Å². The molecule has 0 radical (unpaired) electrons. The fourth-order valence-corrected chi connectivity index (χ4v) is 2.49. The third-order valence-electron chi connectivity index (χ3n) is 2.44. The monoisotopic (exact) mass is 330 g/mol. The van der Waals surface area contributed by atoms with Gasteiger partial charge in [0.1, 0.15) is 0 Å². The van der Waals surface area contributed by atoms with Gasteiger partial charge in [0.05, 0.1) is 44.0 Å². The largest absolute Gasteiger partial charge is 0.250 e. The smallest absolute Gasteiger partial charge is 0.0922 e. The first kappa shape index (κ1) is 14.4. The molecule has 0 saturated heterocycles. The lowest BCUT2D eigenvalue weighted by Crippen LogP contribution is -1.94. The zero-order valence-corrected chi connectivity index (χ0v) is 12.4. The maximum Gasteiger partial charge on any atom is 0.0922 e. The van der Waals surface area contributed by atoms with E-state index in [2.05, 4.69) is 4.98 Å². The van der Waals surface area contributed by atoms with Crippen molar-refractivity contribution in [2.45, 2.75) is 6.42 Å². The van der Waals surface area contributed by atoms with Crippen LogP contribution in [0.2, 0.25) is 20.1 Å². The molecule has 1 heterocycles. The van der Waals surface area contributed by atoms with E-state index in [1.54, 1.807) is 24.3 Å². The standard InChI is InChI=1S/C13H6Cl4N2/c14-8-3-4-9(15)12(17)11(8)13-10(16)2-1-7(19-13)5-6-18/h1-4H,5H2. The summed E-state index contributed by atoms with van der Waals surface area (Å²) in [6.45, 7) is 0. The summed E-state index contributed by atoms with van der Waals surface area (Å²) in [5, 5.41) is 10.2. The van der Waals surface area contributed by atoms with Crippen LogP contribution in [0, 0.1) is 11.3 Å². The Labute approximate surface area is 130 Å². The summed E-state index contributed by atoms with van der Waals surface area (Å²) in [6, 6.07) is 8.59. The third-order valence-corrected chi connectivity index (χ3v) is 3.87. The van der Waals surface area contributed by atoms with Gasteiger partial charge in [0.2, 0.25) is 0 Å². The molecule has 19 heavy (non-hydrogen) atoms. The molecule has 0 fully saturated rings. The summed E-state index contributed by atoms with van der Waals surface area (Å²) < 4.78 is 0. The predicted octanol–water partition coefficient (Wildman–Crippen LogP) is 5.43. The van der Waals surface area contributed by atoms with Gasteiger partial charge in [-0.3, -0.25) is 4.98 Å². The fraction of sp³-hybridized carbons (Fsp3) is 0.0769. The molecule has 6 heteroatoms. The van der Waals surface area contributed by atoms with Crippen LogP contribution in [0.4, 0.5) is 0 Å². The molecular formula is C13H6Cl4N2. The van der Waals surface area contributed by atoms with Crippen LogP contribution in [-0.4, -0.2) is 4.98 Å². The molecule has 0 spiro atoms. The van der Waals surface area contributed by atoms with Crippen molar-refractivity contribution in [3.05, 3.63) is 50.0 Å². The van der Waals surface area contributed by atoms with E-state index in [9.17, 15) is 0 Å². The van der Waals surface area contributed by atoms with Gasteiger partial charge in [-0.2, -0.15) is 5.26 Å². The SMILES string of the molecule is N#CCc1ccc(Cl)c(-c2c(Cl)ccc(Cl)c2Cl)n1. The molecule has 0 N–H and O–H groups in total.